The second-order valence-corrected chi connectivity index (χ2v) is 2.88. The summed E-state index contributed by atoms with van der Waals surface area (Å²) < 4.78 is 0. The fourth-order valence-corrected chi connectivity index (χ4v) is 0.771. The van der Waals surface area contributed by atoms with Crippen LogP contribution in [0.25, 0.3) is 0 Å². The molecule has 4 N–H and O–H groups in total. The Kier molecular flexibility index (Phi) is 4.25. The summed E-state index contributed by atoms with van der Waals surface area (Å²) in [6.45, 7) is 3.46. The molecule has 1 atom stereocenters. The third kappa shape index (κ3) is 4.08. The molecule has 4 nitrogen and oxygen atoms in total. The van der Waals surface area contributed by atoms with Crippen LogP contribution in [0.4, 0.5) is 0 Å². The number of nitrogens with two attached hydrogens (primary N) is 1. The summed E-state index contributed by atoms with van der Waals surface area (Å²) in [5.74, 6) is -0.290. The van der Waals surface area contributed by atoms with Gasteiger partial charge in [-0.05, 0) is 0 Å². The monoisotopic (exact) mass is 161 g/mol. The van der Waals surface area contributed by atoms with Gasteiger partial charge in [-0.25, -0.2) is 0 Å². The molecule has 0 rings (SSSR count). The Morgan fingerprint density at radius 2 is 1.91 bits per heavy atom. The van der Waals surface area contributed by atoms with Crippen molar-refractivity contribution in [2.75, 3.05) is 0 Å². The summed E-state index contributed by atoms with van der Waals surface area (Å²) in [5.41, 5.74) is 5.35. The van der Waals surface area contributed by atoms with E-state index in [2.05, 4.69) is 0 Å². The highest BCUT2D eigenvalue weighted by Crippen LogP contribution is 2.02. The molecule has 4 heteroatoms. The van der Waals surface area contributed by atoms with Crippen LogP contribution in [0.2, 0.25) is 0 Å². The predicted octanol–water partition coefficient (Wildman–Crippen LogP) is -0.760. The van der Waals surface area contributed by atoms with Crippen molar-refractivity contribution < 1.29 is 15.0 Å². The maximum atomic E-state index is 11.0. The first-order valence-corrected chi connectivity index (χ1v) is 3.60. The van der Waals surface area contributed by atoms with E-state index in [0.29, 0.717) is 0 Å². The molecule has 0 aromatic heterocycles. The fourth-order valence-electron chi connectivity index (χ4n) is 0.771. The maximum Gasteiger partial charge on any atom is 0.153 e. The van der Waals surface area contributed by atoms with Crippen LogP contribution < -0.4 is 5.73 Å². The number of carbonyl (C=O) groups is 1. The minimum absolute atomic E-state index is 0.0863. The first-order chi connectivity index (χ1) is 4.95. The molecule has 66 valence electrons. The summed E-state index contributed by atoms with van der Waals surface area (Å²) in [6.07, 6.45) is -1.58. The van der Waals surface area contributed by atoms with E-state index in [1.54, 1.807) is 13.8 Å². The van der Waals surface area contributed by atoms with Crippen molar-refractivity contribution in [3.8, 4) is 0 Å². The molecule has 0 saturated heterocycles. The van der Waals surface area contributed by atoms with E-state index in [9.17, 15) is 4.79 Å². The van der Waals surface area contributed by atoms with Crippen LogP contribution in [0, 0.1) is 5.92 Å². The molecule has 0 aliphatic carbocycles. The molecule has 0 bridgehead atoms. The molecule has 0 heterocycles. The highest BCUT2D eigenvalue weighted by Gasteiger charge is 2.18. The summed E-state index contributed by atoms with van der Waals surface area (Å²) in [7, 11) is 0. The lowest BCUT2D eigenvalue weighted by Gasteiger charge is -2.13. The Hall–Kier alpha value is -0.450. The largest absolute Gasteiger partial charge is 0.368 e. The van der Waals surface area contributed by atoms with Crippen LogP contribution >= 0.6 is 0 Å². The number of aliphatic hydroxyl groups excluding tert-OH is 1. The Morgan fingerprint density at radius 3 is 2.18 bits per heavy atom. The molecule has 0 aliphatic heterocycles. The quantitative estimate of drug-likeness (QED) is 0.473. The Morgan fingerprint density at radius 1 is 1.45 bits per heavy atom. The smallest absolute Gasteiger partial charge is 0.153 e. The average molecular weight is 161 g/mol. The summed E-state index contributed by atoms with van der Waals surface area (Å²) >= 11 is 0. The molecule has 0 aliphatic rings. The van der Waals surface area contributed by atoms with Crippen LogP contribution in [0.5, 0.6) is 0 Å². The molecule has 0 saturated carbocycles. The third-order valence-corrected chi connectivity index (χ3v) is 1.40. The molecule has 0 amide bonds. The SMILES string of the molecule is CC(C)C(=O)[C@H](N)CC(O)O. The first kappa shape index (κ1) is 10.6. The maximum absolute atomic E-state index is 11.0. The van der Waals surface area contributed by atoms with Gasteiger partial charge in [0.25, 0.3) is 0 Å². The number of ketones is 1. The zero-order valence-corrected chi connectivity index (χ0v) is 6.82. The Bertz CT molecular complexity index is 134. The fraction of sp³-hybridized carbons (Fsp3) is 0.857. The van der Waals surface area contributed by atoms with E-state index in [4.69, 9.17) is 15.9 Å². The standard InChI is InChI=1S/C7H15NO3/c1-4(2)7(11)5(8)3-6(9)10/h4-6,9-10H,3,8H2,1-2H3/t5-/m1/s1. The zero-order chi connectivity index (χ0) is 9.02. The number of rotatable bonds is 4. The van der Waals surface area contributed by atoms with Gasteiger partial charge in [0.2, 0.25) is 0 Å². The van der Waals surface area contributed by atoms with Crippen LogP contribution in [-0.2, 0) is 4.79 Å². The van der Waals surface area contributed by atoms with E-state index in [1.807, 2.05) is 0 Å². The van der Waals surface area contributed by atoms with Gasteiger partial charge in [-0.3, -0.25) is 4.79 Å². The molecular formula is C7H15NO3. The van der Waals surface area contributed by atoms with E-state index >= 15 is 0 Å². The number of hydrogen-bond donors (Lipinski definition) is 3. The van der Waals surface area contributed by atoms with Gasteiger partial charge in [0.05, 0.1) is 6.04 Å². The van der Waals surface area contributed by atoms with Gasteiger partial charge in [0, 0.05) is 12.3 Å². The Labute approximate surface area is 66.0 Å². The molecule has 11 heavy (non-hydrogen) atoms. The molecule has 0 aromatic rings. The molecule has 0 aromatic carbocycles. The second-order valence-electron chi connectivity index (χ2n) is 2.88. The van der Waals surface area contributed by atoms with Crippen molar-refractivity contribution in [1.29, 1.82) is 0 Å². The lowest BCUT2D eigenvalue weighted by atomic mass is 10.0. The van der Waals surface area contributed by atoms with Gasteiger partial charge < -0.3 is 15.9 Å². The van der Waals surface area contributed by atoms with Crippen molar-refractivity contribution >= 4 is 5.78 Å². The van der Waals surface area contributed by atoms with Crippen LogP contribution in [0.1, 0.15) is 20.3 Å². The number of Topliss-reactive ketones (excluding diaryl/α,β-unsaturated/α-hetero) is 1. The second kappa shape index (κ2) is 4.43. The van der Waals surface area contributed by atoms with E-state index in [1.165, 1.54) is 0 Å². The van der Waals surface area contributed by atoms with Crippen LogP contribution in [0.15, 0.2) is 0 Å². The van der Waals surface area contributed by atoms with Crippen molar-refractivity contribution in [1.82, 2.24) is 0 Å². The minimum atomic E-state index is -1.49. The van der Waals surface area contributed by atoms with Gasteiger partial charge in [-0.15, -0.1) is 0 Å². The van der Waals surface area contributed by atoms with Gasteiger partial charge in [-0.1, -0.05) is 13.8 Å². The van der Waals surface area contributed by atoms with Gasteiger partial charge in [0.1, 0.15) is 0 Å². The zero-order valence-electron chi connectivity index (χ0n) is 6.82. The number of carbonyl (C=O) groups excluding carboxylic acids is 1. The average Bonchev–Trinajstić information content (AvgIpc) is 1.84. The molecular weight excluding hydrogens is 146 g/mol. The molecule has 0 radical (unpaired) electrons. The van der Waals surface area contributed by atoms with Gasteiger partial charge in [-0.2, -0.15) is 0 Å². The summed E-state index contributed by atoms with van der Waals surface area (Å²) in [4.78, 5) is 11.0. The Balaban J connectivity index is 3.83. The molecule has 0 fully saturated rings. The molecule has 0 spiro atoms. The lowest BCUT2D eigenvalue weighted by molar-refractivity contribution is -0.126. The van der Waals surface area contributed by atoms with Crippen LogP contribution in [-0.4, -0.2) is 28.3 Å². The minimum Gasteiger partial charge on any atom is -0.368 e. The third-order valence-electron chi connectivity index (χ3n) is 1.40. The molecule has 0 unspecified atom stereocenters. The first-order valence-electron chi connectivity index (χ1n) is 3.60. The van der Waals surface area contributed by atoms with Crippen LogP contribution in [0.3, 0.4) is 0 Å². The topological polar surface area (TPSA) is 83.6 Å². The van der Waals surface area contributed by atoms with Crippen molar-refractivity contribution in [3.05, 3.63) is 0 Å². The van der Waals surface area contributed by atoms with Crippen molar-refractivity contribution in [2.45, 2.75) is 32.6 Å². The normalized spacial score (nSPS) is 14.1. The van der Waals surface area contributed by atoms with E-state index < -0.39 is 12.3 Å². The highest BCUT2D eigenvalue weighted by molar-refractivity contribution is 5.85. The number of hydrogen-bond acceptors (Lipinski definition) is 4. The summed E-state index contributed by atoms with van der Waals surface area (Å²) in [5, 5.41) is 17.0. The summed E-state index contributed by atoms with van der Waals surface area (Å²) in [6, 6.07) is -0.755. The van der Waals surface area contributed by atoms with Gasteiger partial charge in [0.15, 0.2) is 12.1 Å². The van der Waals surface area contributed by atoms with Crippen molar-refractivity contribution in [3.63, 3.8) is 0 Å². The number of aliphatic hydroxyl groups is 2. The predicted molar refractivity (Wildman–Crippen MR) is 40.7 cm³/mol. The lowest BCUT2D eigenvalue weighted by Crippen LogP contribution is -2.36. The highest BCUT2D eigenvalue weighted by atomic mass is 16.5. The van der Waals surface area contributed by atoms with E-state index in [-0.39, 0.29) is 18.1 Å². The van der Waals surface area contributed by atoms with E-state index in [0.717, 1.165) is 0 Å². The van der Waals surface area contributed by atoms with Gasteiger partial charge >= 0.3 is 0 Å². The van der Waals surface area contributed by atoms with Crippen molar-refractivity contribution in [2.24, 2.45) is 11.7 Å².